The highest BCUT2D eigenvalue weighted by Crippen LogP contribution is 2.13. The molecule has 0 spiro atoms. The highest BCUT2D eigenvalue weighted by molar-refractivity contribution is 5.95. The van der Waals surface area contributed by atoms with Crippen LogP contribution in [0.25, 0.3) is 0 Å². The van der Waals surface area contributed by atoms with Crippen molar-refractivity contribution in [3.8, 4) is 0 Å². The molecule has 0 fully saturated rings. The zero-order valence-electron chi connectivity index (χ0n) is 12.8. The lowest BCUT2D eigenvalue weighted by molar-refractivity contribution is -0.384. The van der Waals surface area contributed by atoms with Gasteiger partial charge in [-0.3, -0.25) is 19.7 Å². The van der Waals surface area contributed by atoms with E-state index >= 15 is 0 Å². The molecule has 2 aromatic rings. The van der Waals surface area contributed by atoms with Crippen molar-refractivity contribution in [2.75, 3.05) is 11.9 Å². The number of nitro groups is 1. The predicted molar refractivity (Wildman–Crippen MR) is 85.0 cm³/mol. The molecule has 0 atom stereocenters. The first-order valence-corrected chi connectivity index (χ1v) is 7.14. The maximum Gasteiger partial charge on any atom is 0.269 e. The van der Waals surface area contributed by atoms with Crippen molar-refractivity contribution in [1.82, 2.24) is 5.32 Å². The van der Waals surface area contributed by atoms with Crippen LogP contribution in [0.1, 0.15) is 16.8 Å². The summed E-state index contributed by atoms with van der Waals surface area (Å²) in [7, 11) is 0. The number of carbonyl (C=O) groups is 2. The van der Waals surface area contributed by atoms with Crippen molar-refractivity contribution in [2.45, 2.75) is 6.42 Å². The average Bonchev–Trinajstić information content (AvgIpc) is 2.58. The molecular weight excluding hydrogens is 336 g/mol. The summed E-state index contributed by atoms with van der Waals surface area (Å²) >= 11 is 0. The maximum absolute atomic E-state index is 13.0. The van der Waals surface area contributed by atoms with Crippen LogP contribution in [0.2, 0.25) is 0 Å². The average molecular weight is 349 g/mol. The summed E-state index contributed by atoms with van der Waals surface area (Å²) in [5.74, 6) is -3.08. The van der Waals surface area contributed by atoms with E-state index in [2.05, 4.69) is 10.6 Å². The summed E-state index contributed by atoms with van der Waals surface area (Å²) in [4.78, 5) is 33.5. The van der Waals surface area contributed by atoms with Gasteiger partial charge in [-0.05, 0) is 24.3 Å². The van der Waals surface area contributed by atoms with Crippen molar-refractivity contribution in [2.24, 2.45) is 0 Å². The summed E-state index contributed by atoms with van der Waals surface area (Å²) in [5, 5.41) is 15.4. The number of nitro benzene ring substituents is 1. The Bertz CT molecular complexity index is 810. The Labute approximate surface area is 140 Å². The first-order chi connectivity index (χ1) is 11.9. The zero-order valence-corrected chi connectivity index (χ0v) is 12.8. The minimum Gasteiger partial charge on any atom is -0.352 e. The third-order valence-corrected chi connectivity index (χ3v) is 3.18. The first-order valence-electron chi connectivity index (χ1n) is 7.14. The summed E-state index contributed by atoms with van der Waals surface area (Å²) in [6, 6.07) is 7.95. The van der Waals surface area contributed by atoms with Gasteiger partial charge in [0.25, 0.3) is 11.6 Å². The third kappa shape index (κ3) is 5.06. The largest absolute Gasteiger partial charge is 0.352 e. The fraction of sp³-hybridized carbons (Fsp3) is 0.125. The molecule has 25 heavy (non-hydrogen) atoms. The minimum atomic E-state index is -1.08. The van der Waals surface area contributed by atoms with Gasteiger partial charge in [-0.25, -0.2) is 8.78 Å². The molecule has 2 amide bonds. The van der Waals surface area contributed by atoms with Gasteiger partial charge in [0.05, 0.1) is 4.92 Å². The Morgan fingerprint density at radius 3 is 2.32 bits per heavy atom. The monoisotopic (exact) mass is 349 g/mol. The molecule has 0 unspecified atom stereocenters. The molecular formula is C16H13F2N3O4. The summed E-state index contributed by atoms with van der Waals surface area (Å²) in [5.41, 5.74) is 0.180. The van der Waals surface area contributed by atoms with E-state index in [-0.39, 0.29) is 29.9 Å². The number of nitrogens with one attached hydrogen (secondary N) is 2. The number of rotatable bonds is 6. The zero-order chi connectivity index (χ0) is 18.4. The summed E-state index contributed by atoms with van der Waals surface area (Å²) < 4.78 is 25.8. The fourth-order valence-electron chi connectivity index (χ4n) is 1.92. The summed E-state index contributed by atoms with van der Waals surface area (Å²) in [6.45, 7) is 0.00529. The van der Waals surface area contributed by atoms with Crippen LogP contribution < -0.4 is 10.6 Å². The van der Waals surface area contributed by atoms with Gasteiger partial charge in [-0.15, -0.1) is 0 Å². The highest BCUT2D eigenvalue weighted by Gasteiger charge is 2.10. The van der Waals surface area contributed by atoms with Gasteiger partial charge in [0, 0.05) is 42.4 Å². The van der Waals surface area contributed by atoms with Crippen LogP contribution in [0.3, 0.4) is 0 Å². The lowest BCUT2D eigenvalue weighted by Crippen LogP contribution is -2.27. The van der Waals surface area contributed by atoms with Crippen LogP contribution in [0.4, 0.5) is 20.2 Å². The molecule has 2 N–H and O–H groups in total. The van der Waals surface area contributed by atoms with E-state index in [1.807, 2.05) is 0 Å². The Morgan fingerprint density at radius 1 is 1.04 bits per heavy atom. The second kappa shape index (κ2) is 7.95. The molecule has 130 valence electrons. The minimum absolute atomic E-state index is 0.00529. The topological polar surface area (TPSA) is 101 Å². The first kappa shape index (κ1) is 18.0. The number of carbonyl (C=O) groups excluding carboxylic acids is 2. The van der Waals surface area contributed by atoms with E-state index in [0.29, 0.717) is 0 Å². The molecule has 0 aromatic heterocycles. The van der Waals surface area contributed by atoms with Gasteiger partial charge < -0.3 is 10.6 Å². The number of anilines is 1. The molecule has 7 nitrogen and oxygen atoms in total. The molecule has 0 saturated heterocycles. The quantitative estimate of drug-likeness (QED) is 0.618. The van der Waals surface area contributed by atoms with Crippen LogP contribution in [0, 0.1) is 21.7 Å². The molecule has 0 heterocycles. The maximum atomic E-state index is 13.0. The number of hydrogen-bond donors (Lipinski definition) is 2. The molecule has 0 saturated carbocycles. The van der Waals surface area contributed by atoms with Crippen LogP contribution in [-0.2, 0) is 4.79 Å². The number of nitrogens with zero attached hydrogens (tertiary/aromatic N) is 1. The van der Waals surface area contributed by atoms with E-state index < -0.39 is 28.4 Å². The molecule has 0 aliphatic carbocycles. The molecule has 2 aromatic carbocycles. The van der Waals surface area contributed by atoms with Gasteiger partial charge in [0.2, 0.25) is 5.91 Å². The number of halogens is 2. The molecule has 0 aliphatic rings. The van der Waals surface area contributed by atoms with Crippen LogP contribution in [-0.4, -0.2) is 23.3 Å². The fourth-order valence-corrected chi connectivity index (χ4v) is 1.92. The Balaban J connectivity index is 1.81. The van der Waals surface area contributed by atoms with E-state index in [1.165, 1.54) is 30.3 Å². The third-order valence-electron chi connectivity index (χ3n) is 3.18. The highest BCUT2D eigenvalue weighted by atomic mass is 19.2. The predicted octanol–water partition coefficient (Wildman–Crippen LogP) is 2.63. The lowest BCUT2D eigenvalue weighted by Gasteiger charge is -2.07. The standard InChI is InChI=1S/C16H13F2N3O4/c17-13-6-3-11(9-14(13)18)20-15(22)7-8-19-16(23)10-1-4-12(5-2-10)21(24)25/h1-6,9H,7-8H2,(H,19,23)(H,20,22). The van der Waals surface area contributed by atoms with Gasteiger partial charge in [0.1, 0.15) is 0 Å². The second-order valence-electron chi connectivity index (χ2n) is 4.99. The summed E-state index contributed by atoms with van der Waals surface area (Å²) in [6.07, 6.45) is -0.0856. The van der Waals surface area contributed by atoms with Crippen molar-refractivity contribution in [3.05, 3.63) is 69.8 Å². The van der Waals surface area contributed by atoms with E-state index in [1.54, 1.807) is 0 Å². The van der Waals surface area contributed by atoms with Gasteiger partial charge in [-0.2, -0.15) is 0 Å². The van der Waals surface area contributed by atoms with Crippen LogP contribution in [0.15, 0.2) is 42.5 Å². The Hall–Kier alpha value is -3.36. The number of hydrogen-bond acceptors (Lipinski definition) is 4. The number of non-ortho nitro benzene ring substituents is 1. The molecule has 2 rings (SSSR count). The van der Waals surface area contributed by atoms with Crippen molar-refractivity contribution in [1.29, 1.82) is 0 Å². The van der Waals surface area contributed by atoms with Crippen LogP contribution in [0.5, 0.6) is 0 Å². The lowest BCUT2D eigenvalue weighted by atomic mass is 10.2. The van der Waals surface area contributed by atoms with E-state index in [9.17, 15) is 28.5 Å². The number of amides is 2. The molecule has 0 aliphatic heterocycles. The van der Waals surface area contributed by atoms with E-state index in [0.717, 1.165) is 12.1 Å². The van der Waals surface area contributed by atoms with Crippen molar-refractivity contribution in [3.63, 3.8) is 0 Å². The van der Waals surface area contributed by atoms with Gasteiger partial charge in [-0.1, -0.05) is 0 Å². The van der Waals surface area contributed by atoms with Crippen molar-refractivity contribution < 1.29 is 23.3 Å². The Morgan fingerprint density at radius 2 is 1.72 bits per heavy atom. The normalized spacial score (nSPS) is 10.2. The second-order valence-corrected chi connectivity index (χ2v) is 4.99. The van der Waals surface area contributed by atoms with Crippen LogP contribution >= 0.6 is 0 Å². The van der Waals surface area contributed by atoms with Gasteiger partial charge >= 0.3 is 0 Å². The smallest absolute Gasteiger partial charge is 0.269 e. The SMILES string of the molecule is O=C(CCNC(=O)c1ccc([N+](=O)[O-])cc1)Nc1ccc(F)c(F)c1. The van der Waals surface area contributed by atoms with Crippen molar-refractivity contribution >= 4 is 23.2 Å². The Kier molecular flexibility index (Phi) is 5.72. The molecule has 0 bridgehead atoms. The molecule has 9 heteroatoms. The van der Waals surface area contributed by atoms with E-state index in [4.69, 9.17) is 0 Å². The van der Waals surface area contributed by atoms with Gasteiger partial charge in [0.15, 0.2) is 11.6 Å². The number of benzene rings is 2. The molecule has 0 radical (unpaired) electrons.